The SMILES string of the molecule is CC(=O)Nc1cc(NCC(=O)Nc2ccc(C)cc2Br)ccc1F. The van der Waals surface area contributed by atoms with Crippen LogP contribution in [0.15, 0.2) is 40.9 Å². The lowest BCUT2D eigenvalue weighted by Crippen LogP contribution is -2.22. The van der Waals surface area contributed by atoms with Crippen LogP contribution in [0.4, 0.5) is 21.5 Å². The average Bonchev–Trinajstić information content (AvgIpc) is 2.50. The normalized spacial score (nSPS) is 10.2. The molecule has 0 fully saturated rings. The van der Waals surface area contributed by atoms with Crippen LogP contribution in [0.25, 0.3) is 0 Å². The van der Waals surface area contributed by atoms with Crippen molar-refractivity contribution < 1.29 is 14.0 Å². The van der Waals surface area contributed by atoms with E-state index < -0.39 is 5.82 Å². The van der Waals surface area contributed by atoms with Crippen LogP contribution in [0.1, 0.15) is 12.5 Å². The second kappa shape index (κ2) is 7.92. The predicted octanol–water partition coefficient (Wildman–Crippen LogP) is 3.91. The van der Waals surface area contributed by atoms with E-state index in [1.807, 2.05) is 25.1 Å². The number of hydrogen-bond acceptors (Lipinski definition) is 3. The zero-order valence-electron chi connectivity index (χ0n) is 13.2. The first-order valence-corrected chi connectivity index (χ1v) is 8.01. The molecule has 0 aliphatic heterocycles. The van der Waals surface area contributed by atoms with Crippen molar-refractivity contribution in [1.29, 1.82) is 0 Å². The molecule has 7 heteroatoms. The van der Waals surface area contributed by atoms with Crippen molar-refractivity contribution in [3.8, 4) is 0 Å². The maximum Gasteiger partial charge on any atom is 0.243 e. The number of benzene rings is 2. The van der Waals surface area contributed by atoms with Gasteiger partial charge >= 0.3 is 0 Å². The Hall–Kier alpha value is -2.41. The molecule has 0 bridgehead atoms. The van der Waals surface area contributed by atoms with Crippen molar-refractivity contribution in [3.63, 3.8) is 0 Å². The molecule has 2 rings (SSSR count). The van der Waals surface area contributed by atoms with Crippen LogP contribution in [0.3, 0.4) is 0 Å². The summed E-state index contributed by atoms with van der Waals surface area (Å²) in [6.07, 6.45) is 0. The number of nitrogens with one attached hydrogen (secondary N) is 3. The molecule has 0 saturated heterocycles. The number of rotatable bonds is 5. The van der Waals surface area contributed by atoms with Crippen LogP contribution in [-0.4, -0.2) is 18.4 Å². The Labute approximate surface area is 147 Å². The molecule has 0 radical (unpaired) electrons. The minimum absolute atomic E-state index is 0.00542. The van der Waals surface area contributed by atoms with Gasteiger partial charge in [-0.3, -0.25) is 9.59 Å². The van der Waals surface area contributed by atoms with Gasteiger partial charge in [0.1, 0.15) is 5.82 Å². The van der Waals surface area contributed by atoms with Gasteiger partial charge in [0.05, 0.1) is 17.9 Å². The monoisotopic (exact) mass is 393 g/mol. The Morgan fingerprint density at radius 3 is 2.50 bits per heavy atom. The van der Waals surface area contributed by atoms with E-state index in [1.54, 1.807) is 0 Å². The fourth-order valence-electron chi connectivity index (χ4n) is 2.02. The molecule has 2 aromatic carbocycles. The molecule has 2 amide bonds. The molecular weight excluding hydrogens is 377 g/mol. The van der Waals surface area contributed by atoms with E-state index in [1.165, 1.54) is 25.1 Å². The van der Waals surface area contributed by atoms with E-state index in [4.69, 9.17) is 0 Å². The van der Waals surface area contributed by atoms with Crippen molar-refractivity contribution in [1.82, 2.24) is 0 Å². The van der Waals surface area contributed by atoms with Gasteiger partial charge in [0.25, 0.3) is 0 Å². The molecule has 0 unspecified atom stereocenters. The summed E-state index contributed by atoms with van der Waals surface area (Å²) in [6, 6.07) is 9.77. The standard InChI is InChI=1S/C17H17BrFN3O2/c1-10-3-6-15(13(18)7-10)22-17(24)9-20-12-4-5-14(19)16(8-12)21-11(2)23/h3-8,20H,9H2,1-2H3,(H,21,23)(H,22,24). The van der Waals surface area contributed by atoms with E-state index in [-0.39, 0.29) is 24.0 Å². The molecule has 2 aromatic rings. The van der Waals surface area contributed by atoms with Crippen LogP contribution in [0.5, 0.6) is 0 Å². The van der Waals surface area contributed by atoms with Gasteiger partial charge < -0.3 is 16.0 Å². The van der Waals surface area contributed by atoms with E-state index in [9.17, 15) is 14.0 Å². The van der Waals surface area contributed by atoms with E-state index >= 15 is 0 Å². The largest absolute Gasteiger partial charge is 0.376 e. The molecule has 0 aliphatic carbocycles. The number of aryl methyl sites for hydroxylation is 1. The minimum Gasteiger partial charge on any atom is -0.376 e. The number of anilines is 3. The molecule has 3 N–H and O–H groups in total. The molecule has 0 aromatic heterocycles. The number of carbonyl (C=O) groups is 2. The van der Waals surface area contributed by atoms with Crippen molar-refractivity contribution in [3.05, 3.63) is 52.3 Å². The first-order valence-electron chi connectivity index (χ1n) is 7.22. The van der Waals surface area contributed by atoms with Crippen LogP contribution in [0, 0.1) is 12.7 Å². The third-order valence-corrected chi connectivity index (χ3v) is 3.78. The Morgan fingerprint density at radius 1 is 1.08 bits per heavy atom. The summed E-state index contributed by atoms with van der Waals surface area (Å²) in [4.78, 5) is 23.0. The highest BCUT2D eigenvalue weighted by Gasteiger charge is 2.08. The second-order valence-corrected chi connectivity index (χ2v) is 6.12. The van der Waals surface area contributed by atoms with Crippen molar-refractivity contribution in [2.24, 2.45) is 0 Å². The predicted molar refractivity (Wildman–Crippen MR) is 96.7 cm³/mol. The lowest BCUT2D eigenvalue weighted by atomic mass is 10.2. The lowest BCUT2D eigenvalue weighted by molar-refractivity contribution is -0.115. The Bertz CT molecular complexity index is 780. The summed E-state index contributed by atoms with van der Waals surface area (Å²) < 4.78 is 14.4. The third kappa shape index (κ3) is 5.06. The van der Waals surface area contributed by atoms with Gasteiger partial charge in [-0.25, -0.2) is 4.39 Å². The zero-order chi connectivity index (χ0) is 17.7. The van der Waals surface area contributed by atoms with E-state index in [0.29, 0.717) is 11.4 Å². The fourth-order valence-corrected chi connectivity index (χ4v) is 2.61. The van der Waals surface area contributed by atoms with Gasteiger partial charge in [-0.05, 0) is 58.7 Å². The number of halogens is 2. The number of carbonyl (C=O) groups excluding carboxylic acids is 2. The van der Waals surface area contributed by atoms with Gasteiger partial charge in [-0.1, -0.05) is 6.07 Å². The molecule has 126 valence electrons. The highest BCUT2D eigenvalue weighted by Crippen LogP contribution is 2.23. The summed E-state index contributed by atoms with van der Waals surface area (Å²) in [7, 11) is 0. The highest BCUT2D eigenvalue weighted by atomic mass is 79.9. The van der Waals surface area contributed by atoms with Crippen LogP contribution in [0.2, 0.25) is 0 Å². The smallest absolute Gasteiger partial charge is 0.243 e. The number of hydrogen-bond donors (Lipinski definition) is 3. The van der Waals surface area contributed by atoms with Gasteiger partial charge in [-0.15, -0.1) is 0 Å². The summed E-state index contributed by atoms with van der Waals surface area (Å²) in [6.45, 7) is 3.26. The third-order valence-electron chi connectivity index (χ3n) is 3.13. The van der Waals surface area contributed by atoms with Crippen molar-refractivity contribution >= 4 is 44.8 Å². The van der Waals surface area contributed by atoms with E-state index in [0.717, 1.165) is 10.0 Å². The Balaban J connectivity index is 1.97. The van der Waals surface area contributed by atoms with Crippen molar-refractivity contribution in [2.45, 2.75) is 13.8 Å². The maximum absolute atomic E-state index is 13.6. The first kappa shape index (κ1) is 17.9. The van der Waals surface area contributed by atoms with Crippen LogP contribution in [-0.2, 0) is 9.59 Å². The molecule has 0 saturated carbocycles. The Kier molecular flexibility index (Phi) is 5.92. The van der Waals surface area contributed by atoms with E-state index in [2.05, 4.69) is 31.9 Å². The molecular formula is C17H17BrFN3O2. The van der Waals surface area contributed by atoms with Gasteiger partial charge in [0.2, 0.25) is 11.8 Å². The highest BCUT2D eigenvalue weighted by molar-refractivity contribution is 9.10. The van der Waals surface area contributed by atoms with Gasteiger partial charge in [0.15, 0.2) is 0 Å². The maximum atomic E-state index is 13.6. The summed E-state index contributed by atoms with van der Waals surface area (Å²) in [5, 5.41) is 8.06. The fraction of sp³-hybridized carbons (Fsp3) is 0.176. The average molecular weight is 394 g/mol. The molecule has 5 nitrogen and oxygen atoms in total. The zero-order valence-corrected chi connectivity index (χ0v) is 14.8. The summed E-state index contributed by atoms with van der Waals surface area (Å²) >= 11 is 3.40. The number of amides is 2. The van der Waals surface area contributed by atoms with Gasteiger partial charge in [0, 0.05) is 17.1 Å². The first-order chi connectivity index (χ1) is 11.3. The molecule has 0 aliphatic rings. The summed E-state index contributed by atoms with van der Waals surface area (Å²) in [5.41, 5.74) is 2.34. The second-order valence-electron chi connectivity index (χ2n) is 5.26. The summed E-state index contributed by atoms with van der Waals surface area (Å²) in [5.74, 6) is -1.15. The topological polar surface area (TPSA) is 70.2 Å². The van der Waals surface area contributed by atoms with Crippen molar-refractivity contribution in [2.75, 3.05) is 22.5 Å². The molecule has 0 spiro atoms. The van der Waals surface area contributed by atoms with Gasteiger partial charge in [-0.2, -0.15) is 0 Å². The molecule has 0 heterocycles. The minimum atomic E-state index is -0.538. The molecule has 0 atom stereocenters. The lowest BCUT2D eigenvalue weighted by Gasteiger charge is -2.11. The quantitative estimate of drug-likeness (QED) is 0.721. The van der Waals surface area contributed by atoms with Crippen LogP contribution >= 0.6 is 15.9 Å². The Morgan fingerprint density at radius 2 is 1.83 bits per heavy atom. The molecule has 24 heavy (non-hydrogen) atoms. The van der Waals surface area contributed by atoms with Crippen LogP contribution < -0.4 is 16.0 Å².